The van der Waals surface area contributed by atoms with E-state index in [1.807, 2.05) is 49.5 Å². The summed E-state index contributed by atoms with van der Waals surface area (Å²) in [6.45, 7) is 5.62. The Morgan fingerprint density at radius 3 is 2.52 bits per heavy atom. The molecule has 0 spiro atoms. The van der Waals surface area contributed by atoms with Gasteiger partial charge >= 0.3 is 6.03 Å². The van der Waals surface area contributed by atoms with Crippen molar-refractivity contribution in [2.75, 3.05) is 18.4 Å². The quantitative estimate of drug-likeness (QED) is 0.794. The standard InChI is InChI=1S/C24H28N4O3/c1-3-24(2,31)22(29)27-12-9-18(10-13-27)17-4-6-21(7-5-17)26-23(30)28-15-19-8-11-25-14-20(19)16-28/h4-9,11,14,31H,3,10,12-13,15-16H2,1-2H3,(H,26,30). The van der Waals surface area contributed by atoms with Gasteiger partial charge in [-0.05, 0) is 60.2 Å². The first-order valence-corrected chi connectivity index (χ1v) is 10.7. The van der Waals surface area contributed by atoms with E-state index < -0.39 is 5.60 Å². The molecule has 3 amide bonds. The van der Waals surface area contributed by atoms with Gasteiger partial charge in [0.2, 0.25) is 0 Å². The number of anilines is 1. The molecule has 0 bridgehead atoms. The third-order valence-corrected chi connectivity index (χ3v) is 6.17. The number of nitrogens with zero attached hydrogens (tertiary/aromatic N) is 3. The largest absolute Gasteiger partial charge is 0.380 e. The van der Waals surface area contributed by atoms with E-state index in [-0.39, 0.29) is 11.9 Å². The van der Waals surface area contributed by atoms with Gasteiger partial charge in [-0.3, -0.25) is 9.78 Å². The number of benzene rings is 1. The van der Waals surface area contributed by atoms with Crippen molar-refractivity contribution in [2.24, 2.45) is 0 Å². The van der Waals surface area contributed by atoms with Gasteiger partial charge in [0.25, 0.3) is 5.91 Å². The maximum absolute atomic E-state index is 12.6. The van der Waals surface area contributed by atoms with Gasteiger partial charge in [-0.25, -0.2) is 4.79 Å². The third kappa shape index (κ3) is 4.46. The van der Waals surface area contributed by atoms with Gasteiger partial charge in [-0.15, -0.1) is 0 Å². The molecule has 7 heteroatoms. The van der Waals surface area contributed by atoms with E-state index in [0.29, 0.717) is 32.6 Å². The molecule has 0 fully saturated rings. The van der Waals surface area contributed by atoms with Gasteiger partial charge in [0.1, 0.15) is 5.60 Å². The van der Waals surface area contributed by atoms with Gasteiger partial charge in [-0.1, -0.05) is 25.1 Å². The summed E-state index contributed by atoms with van der Waals surface area (Å²) in [5, 5.41) is 13.2. The second-order valence-corrected chi connectivity index (χ2v) is 8.37. The average Bonchev–Trinajstić information content (AvgIpc) is 3.24. The van der Waals surface area contributed by atoms with Crippen molar-refractivity contribution >= 4 is 23.2 Å². The monoisotopic (exact) mass is 420 g/mol. The molecule has 0 radical (unpaired) electrons. The predicted molar refractivity (Wildman–Crippen MR) is 119 cm³/mol. The van der Waals surface area contributed by atoms with Crippen LogP contribution < -0.4 is 5.32 Å². The average molecular weight is 421 g/mol. The van der Waals surface area contributed by atoms with E-state index in [1.54, 1.807) is 22.9 Å². The lowest BCUT2D eigenvalue weighted by Gasteiger charge is -2.32. The molecule has 2 aliphatic rings. The smallest absolute Gasteiger partial charge is 0.322 e. The summed E-state index contributed by atoms with van der Waals surface area (Å²) in [6.07, 6.45) is 6.73. The summed E-state index contributed by atoms with van der Waals surface area (Å²) in [4.78, 5) is 32.6. The molecule has 31 heavy (non-hydrogen) atoms. The number of hydrogen-bond acceptors (Lipinski definition) is 4. The Balaban J connectivity index is 1.35. The van der Waals surface area contributed by atoms with E-state index in [0.717, 1.165) is 28.8 Å². The molecule has 0 saturated heterocycles. The fourth-order valence-electron chi connectivity index (χ4n) is 3.94. The van der Waals surface area contributed by atoms with Crippen molar-refractivity contribution < 1.29 is 14.7 Å². The van der Waals surface area contributed by atoms with Gasteiger partial charge < -0.3 is 20.2 Å². The molecule has 2 N–H and O–H groups in total. The topological polar surface area (TPSA) is 85.8 Å². The molecule has 0 saturated carbocycles. The third-order valence-electron chi connectivity index (χ3n) is 6.17. The van der Waals surface area contributed by atoms with Crippen molar-refractivity contribution in [2.45, 2.75) is 45.4 Å². The van der Waals surface area contributed by atoms with E-state index in [4.69, 9.17) is 0 Å². The molecule has 4 rings (SSSR count). The lowest BCUT2D eigenvalue weighted by molar-refractivity contribution is -0.149. The molecule has 1 aromatic heterocycles. The van der Waals surface area contributed by atoms with Crippen molar-refractivity contribution in [3.63, 3.8) is 0 Å². The highest BCUT2D eigenvalue weighted by molar-refractivity contribution is 5.90. The molecule has 7 nitrogen and oxygen atoms in total. The number of aromatic nitrogens is 1. The van der Waals surface area contributed by atoms with Crippen LogP contribution >= 0.6 is 0 Å². The first-order chi connectivity index (χ1) is 14.9. The minimum atomic E-state index is -1.31. The number of aliphatic hydroxyl groups is 1. The second kappa shape index (κ2) is 8.51. The van der Waals surface area contributed by atoms with Crippen molar-refractivity contribution in [1.29, 1.82) is 0 Å². The number of carbonyl (C=O) groups is 2. The number of hydrogen-bond donors (Lipinski definition) is 2. The van der Waals surface area contributed by atoms with Crippen LogP contribution in [0.5, 0.6) is 0 Å². The Labute approximate surface area is 182 Å². The SMILES string of the molecule is CCC(C)(O)C(=O)N1CC=C(c2ccc(NC(=O)N3Cc4ccncc4C3)cc2)CC1. The summed E-state index contributed by atoms with van der Waals surface area (Å²) in [5.74, 6) is -0.219. The maximum Gasteiger partial charge on any atom is 0.322 e. The highest BCUT2D eigenvalue weighted by Gasteiger charge is 2.33. The van der Waals surface area contributed by atoms with Crippen molar-refractivity contribution in [3.8, 4) is 0 Å². The molecule has 3 heterocycles. The number of nitrogens with one attached hydrogen (secondary N) is 1. The molecule has 1 atom stereocenters. The Morgan fingerprint density at radius 2 is 1.87 bits per heavy atom. The van der Waals surface area contributed by atoms with Crippen LogP contribution in [0.2, 0.25) is 0 Å². The van der Waals surface area contributed by atoms with Crippen LogP contribution in [0.1, 0.15) is 43.4 Å². The van der Waals surface area contributed by atoms with E-state index in [1.165, 1.54) is 5.57 Å². The Bertz CT molecular complexity index is 989. The van der Waals surface area contributed by atoms with Crippen LogP contribution in [0.25, 0.3) is 5.57 Å². The number of carbonyl (C=O) groups excluding carboxylic acids is 2. The second-order valence-electron chi connectivity index (χ2n) is 8.37. The number of rotatable bonds is 4. The van der Waals surface area contributed by atoms with Crippen LogP contribution in [0.4, 0.5) is 10.5 Å². The highest BCUT2D eigenvalue weighted by Crippen LogP contribution is 2.26. The Morgan fingerprint density at radius 1 is 1.13 bits per heavy atom. The first-order valence-electron chi connectivity index (χ1n) is 10.7. The predicted octanol–water partition coefficient (Wildman–Crippen LogP) is 3.41. The number of urea groups is 1. The van der Waals surface area contributed by atoms with E-state index >= 15 is 0 Å². The lowest BCUT2D eigenvalue weighted by Crippen LogP contribution is -2.48. The normalized spacial score (nSPS) is 17.6. The van der Waals surface area contributed by atoms with Crippen LogP contribution in [0, 0.1) is 0 Å². The number of pyridine rings is 1. The summed E-state index contributed by atoms with van der Waals surface area (Å²) >= 11 is 0. The number of fused-ring (bicyclic) bond motifs is 1. The zero-order valence-corrected chi connectivity index (χ0v) is 18.0. The van der Waals surface area contributed by atoms with Crippen molar-refractivity contribution in [1.82, 2.24) is 14.8 Å². The fourth-order valence-corrected chi connectivity index (χ4v) is 3.94. The summed E-state index contributed by atoms with van der Waals surface area (Å²) in [6, 6.07) is 9.61. The molecule has 2 aliphatic heterocycles. The van der Waals surface area contributed by atoms with Crippen molar-refractivity contribution in [3.05, 3.63) is 65.5 Å². The Hall–Kier alpha value is -3.19. The first kappa shape index (κ1) is 21.1. The number of amides is 3. The maximum atomic E-state index is 12.6. The zero-order chi connectivity index (χ0) is 22.0. The zero-order valence-electron chi connectivity index (χ0n) is 18.0. The summed E-state index contributed by atoms with van der Waals surface area (Å²) < 4.78 is 0. The molecule has 1 aromatic carbocycles. The fraction of sp³-hybridized carbons (Fsp3) is 0.375. The van der Waals surface area contributed by atoms with Crippen LogP contribution in [0.3, 0.4) is 0 Å². The highest BCUT2D eigenvalue weighted by atomic mass is 16.3. The molecule has 162 valence electrons. The van der Waals surface area contributed by atoms with Crippen LogP contribution in [-0.4, -0.2) is 50.5 Å². The molecule has 2 aromatic rings. The van der Waals surface area contributed by atoms with Crippen LogP contribution in [-0.2, 0) is 17.9 Å². The van der Waals surface area contributed by atoms with Gasteiger partial charge in [0.05, 0.1) is 0 Å². The van der Waals surface area contributed by atoms with Gasteiger partial charge in [0.15, 0.2) is 0 Å². The van der Waals surface area contributed by atoms with E-state index in [2.05, 4.69) is 10.3 Å². The van der Waals surface area contributed by atoms with Gasteiger partial charge in [0, 0.05) is 44.3 Å². The minimum Gasteiger partial charge on any atom is -0.380 e. The van der Waals surface area contributed by atoms with E-state index in [9.17, 15) is 14.7 Å². The lowest BCUT2D eigenvalue weighted by atomic mass is 9.96. The molecular weight excluding hydrogens is 392 g/mol. The summed E-state index contributed by atoms with van der Waals surface area (Å²) in [5.41, 5.74) is 3.91. The van der Waals surface area contributed by atoms with Gasteiger partial charge in [-0.2, -0.15) is 0 Å². The molecule has 0 aliphatic carbocycles. The summed E-state index contributed by atoms with van der Waals surface area (Å²) in [7, 11) is 0. The molecular formula is C24H28N4O3. The Kier molecular flexibility index (Phi) is 5.78. The minimum absolute atomic E-state index is 0.127. The van der Waals surface area contributed by atoms with Crippen LogP contribution in [0.15, 0.2) is 48.8 Å². The molecule has 1 unspecified atom stereocenters.